The lowest BCUT2D eigenvalue weighted by Gasteiger charge is -2.17. The van der Waals surface area contributed by atoms with Gasteiger partial charge in [0.15, 0.2) is 5.65 Å². The molecule has 3 heterocycles. The summed E-state index contributed by atoms with van der Waals surface area (Å²) in [7, 11) is 0. The Balaban J connectivity index is 1.47. The fourth-order valence-corrected chi connectivity index (χ4v) is 3.81. The van der Waals surface area contributed by atoms with Crippen molar-refractivity contribution in [1.82, 2.24) is 19.4 Å². The summed E-state index contributed by atoms with van der Waals surface area (Å²) in [5, 5.41) is 0. The molecule has 0 saturated carbocycles. The lowest BCUT2D eigenvalue weighted by molar-refractivity contribution is 0.309. The van der Waals surface area contributed by atoms with Gasteiger partial charge in [-0.3, -0.25) is 4.90 Å². The number of fused-ring (bicyclic) bond motifs is 1. The van der Waals surface area contributed by atoms with Crippen molar-refractivity contribution < 1.29 is 0 Å². The van der Waals surface area contributed by atoms with Gasteiger partial charge < -0.3 is 4.57 Å². The second kappa shape index (κ2) is 6.91. The van der Waals surface area contributed by atoms with Crippen molar-refractivity contribution in [3.8, 4) is 0 Å². The molecule has 4 rings (SSSR count). The molecule has 0 spiro atoms. The first kappa shape index (κ1) is 15.6. The number of imidazole rings is 1. The zero-order valence-electron chi connectivity index (χ0n) is 13.6. The van der Waals surface area contributed by atoms with Gasteiger partial charge in [-0.2, -0.15) is 0 Å². The maximum atomic E-state index is 6.10. The molecule has 0 unspecified atom stereocenters. The Kier molecular flexibility index (Phi) is 4.50. The number of rotatable bonds is 5. The molecule has 1 fully saturated rings. The minimum Gasteiger partial charge on any atom is -0.311 e. The van der Waals surface area contributed by atoms with E-state index in [4.69, 9.17) is 11.6 Å². The molecule has 2 aromatic heterocycles. The van der Waals surface area contributed by atoms with Gasteiger partial charge in [0.05, 0.1) is 5.88 Å². The smallest absolute Gasteiger partial charge is 0.160 e. The Morgan fingerprint density at radius 1 is 1.12 bits per heavy atom. The van der Waals surface area contributed by atoms with Crippen LogP contribution >= 0.6 is 11.6 Å². The van der Waals surface area contributed by atoms with Crippen LogP contribution in [0.3, 0.4) is 0 Å². The molecule has 0 radical (unpaired) electrons. The van der Waals surface area contributed by atoms with Crippen LogP contribution in [-0.2, 0) is 19.0 Å². The van der Waals surface area contributed by atoms with Crippen molar-refractivity contribution in [1.29, 1.82) is 0 Å². The van der Waals surface area contributed by atoms with Crippen LogP contribution in [-0.4, -0.2) is 32.5 Å². The first-order chi connectivity index (χ1) is 11.8. The third kappa shape index (κ3) is 3.17. The Morgan fingerprint density at radius 2 is 2.00 bits per heavy atom. The normalized spacial score (nSPS) is 18.5. The van der Waals surface area contributed by atoms with Gasteiger partial charge in [0.2, 0.25) is 0 Å². The van der Waals surface area contributed by atoms with E-state index in [2.05, 4.69) is 49.8 Å². The summed E-state index contributed by atoms with van der Waals surface area (Å²) in [5.74, 6) is 1.97. The number of halogens is 1. The summed E-state index contributed by atoms with van der Waals surface area (Å²) < 4.78 is 2.21. The molecule has 0 N–H and O–H groups in total. The van der Waals surface area contributed by atoms with Gasteiger partial charge in [-0.25, -0.2) is 9.97 Å². The largest absolute Gasteiger partial charge is 0.311 e. The molecule has 3 aromatic rings. The molecule has 0 amide bonds. The number of alkyl halides is 1. The Bertz CT molecular complexity index is 815. The summed E-state index contributed by atoms with van der Waals surface area (Å²) in [5.41, 5.74) is 3.27. The van der Waals surface area contributed by atoms with E-state index in [1.54, 1.807) is 0 Å². The highest BCUT2D eigenvalue weighted by Gasteiger charge is 2.24. The molecule has 124 valence electrons. The van der Waals surface area contributed by atoms with Gasteiger partial charge in [0.25, 0.3) is 0 Å². The lowest BCUT2D eigenvalue weighted by Crippen LogP contribution is -2.22. The highest BCUT2D eigenvalue weighted by atomic mass is 35.5. The van der Waals surface area contributed by atoms with E-state index in [1.807, 2.05) is 18.3 Å². The van der Waals surface area contributed by atoms with Gasteiger partial charge in [-0.15, -0.1) is 11.6 Å². The summed E-state index contributed by atoms with van der Waals surface area (Å²) in [6.07, 6.45) is 3.04. The molecule has 24 heavy (non-hydrogen) atoms. The second-order valence-electron chi connectivity index (χ2n) is 6.49. The van der Waals surface area contributed by atoms with E-state index in [1.165, 1.54) is 12.0 Å². The first-order valence-electron chi connectivity index (χ1n) is 8.46. The SMILES string of the molecule is ClCc1nc2cccnc2n1C[C@H]1CCN(Cc2ccccc2)C1. The maximum Gasteiger partial charge on any atom is 0.160 e. The topological polar surface area (TPSA) is 34.0 Å². The third-order valence-electron chi connectivity index (χ3n) is 4.76. The highest BCUT2D eigenvalue weighted by molar-refractivity contribution is 6.16. The fraction of sp³-hybridized carbons (Fsp3) is 0.368. The van der Waals surface area contributed by atoms with Crippen LogP contribution in [0.2, 0.25) is 0 Å². The molecule has 0 bridgehead atoms. The predicted octanol–water partition coefficient (Wildman–Crippen LogP) is 3.69. The quantitative estimate of drug-likeness (QED) is 0.664. The zero-order valence-corrected chi connectivity index (χ0v) is 14.4. The molecule has 1 saturated heterocycles. The molecule has 0 aliphatic carbocycles. The molecular weight excluding hydrogens is 320 g/mol. The Hall–Kier alpha value is -1.91. The number of pyridine rings is 1. The number of likely N-dealkylation sites (tertiary alicyclic amines) is 1. The van der Waals surface area contributed by atoms with E-state index in [-0.39, 0.29) is 0 Å². The van der Waals surface area contributed by atoms with Gasteiger partial charge >= 0.3 is 0 Å². The number of benzene rings is 1. The van der Waals surface area contributed by atoms with Gasteiger partial charge in [0, 0.05) is 25.8 Å². The van der Waals surface area contributed by atoms with E-state index >= 15 is 0 Å². The molecule has 1 aliphatic rings. The van der Waals surface area contributed by atoms with Crippen LogP contribution in [0.4, 0.5) is 0 Å². The fourth-order valence-electron chi connectivity index (χ4n) is 3.60. The van der Waals surface area contributed by atoms with E-state index in [9.17, 15) is 0 Å². The minimum absolute atomic E-state index is 0.427. The van der Waals surface area contributed by atoms with E-state index in [0.29, 0.717) is 11.8 Å². The third-order valence-corrected chi connectivity index (χ3v) is 5.00. The van der Waals surface area contributed by atoms with Crippen molar-refractivity contribution in [3.63, 3.8) is 0 Å². The summed E-state index contributed by atoms with van der Waals surface area (Å²) in [4.78, 5) is 11.7. The monoisotopic (exact) mass is 340 g/mol. The lowest BCUT2D eigenvalue weighted by atomic mass is 10.1. The van der Waals surface area contributed by atoms with Gasteiger partial charge in [-0.1, -0.05) is 30.3 Å². The van der Waals surface area contributed by atoms with Crippen LogP contribution in [0, 0.1) is 5.92 Å². The molecule has 1 aliphatic heterocycles. The Labute approximate surface area is 147 Å². The van der Waals surface area contributed by atoms with Gasteiger partial charge in [-0.05, 0) is 36.6 Å². The summed E-state index contributed by atoms with van der Waals surface area (Å²) >= 11 is 6.10. The average Bonchev–Trinajstić information content (AvgIpc) is 3.21. The maximum absolute atomic E-state index is 6.10. The Morgan fingerprint density at radius 3 is 2.83 bits per heavy atom. The van der Waals surface area contributed by atoms with Crippen molar-refractivity contribution in [2.45, 2.75) is 25.4 Å². The zero-order chi connectivity index (χ0) is 16.4. The summed E-state index contributed by atoms with van der Waals surface area (Å²) in [6, 6.07) is 14.6. The van der Waals surface area contributed by atoms with E-state index < -0.39 is 0 Å². The van der Waals surface area contributed by atoms with Crippen LogP contribution in [0.15, 0.2) is 48.7 Å². The second-order valence-corrected chi connectivity index (χ2v) is 6.76. The predicted molar refractivity (Wildman–Crippen MR) is 96.9 cm³/mol. The standard InChI is InChI=1S/C19H21ClN4/c20-11-18-22-17-7-4-9-21-19(17)24(18)14-16-8-10-23(13-16)12-15-5-2-1-3-6-15/h1-7,9,16H,8,10-14H2/t16-/m0/s1. The summed E-state index contributed by atoms with van der Waals surface area (Å²) in [6.45, 7) is 4.24. The van der Waals surface area contributed by atoms with Crippen molar-refractivity contribution in [2.24, 2.45) is 5.92 Å². The minimum atomic E-state index is 0.427. The van der Waals surface area contributed by atoms with Crippen molar-refractivity contribution in [3.05, 3.63) is 60.0 Å². The van der Waals surface area contributed by atoms with Gasteiger partial charge in [0.1, 0.15) is 11.3 Å². The number of hydrogen-bond acceptors (Lipinski definition) is 3. The van der Waals surface area contributed by atoms with Crippen LogP contribution in [0.5, 0.6) is 0 Å². The average molecular weight is 341 g/mol. The molecule has 5 heteroatoms. The molecular formula is C19H21ClN4. The van der Waals surface area contributed by atoms with Crippen molar-refractivity contribution in [2.75, 3.05) is 13.1 Å². The number of hydrogen-bond donors (Lipinski definition) is 0. The molecule has 1 atom stereocenters. The molecule has 4 nitrogen and oxygen atoms in total. The van der Waals surface area contributed by atoms with Crippen molar-refractivity contribution >= 4 is 22.8 Å². The van der Waals surface area contributed by atoms with Crippen LogP contribution < -0.4 is 0 Å². The van der Waals surface area contributed by atoms with Crippen LogP contribution in [0.25, 0.3) is 11.2 Å². The molecule has 1 aromatic carbocycles. The van der Waals surface area contributed by atoms with E-state index in [0.717, 1.165) is 43.2 Å². The van der Waals surface area contributed by atoms with Crippen LogP contribution in [0.1, 0.15) is 17.8 Å². The number of aromatic nitrogens is 3. The number of nitrogens with zero attached hydrogens (tertiary/aromatic N) is 4. The highest BCUT2D eigenvalue weighted by Crippen LogP contribution is 2.23. The first-order valence-corrected chi connectivity index (χ1v) is 8.99.